The van der Waals surface area contributed by atoms with Crippen LogP contribution in [0.1, 0.15) is 5.56 Å². The molecule has 0 bridgehead atoms. The Bertz CT molecular complexity index is 626. The molecule has 2 aromatic heterocycles. The maximum atomic E-state index is 12.9. The molecule has 0 aliphatic carbocycles. The highest BCUT2D eigenvalue weighted by Gasteiger charge is 2.07. The van der Waals surface area contributed by atoms with Crippen LogP contribution < -0.4 is 0 Å². The summed E-state index contributed by atoms with van der Waals surface area (Å²) in [6.07, 6.45) is 3.73. The molecule has 0 radical (unpaired) electrons. The third kappa shape index (κ3) is 2.19. The Balaban J connectivity index is 1.90. The average molecular weight is 258 g/mol. The molecule has 0 atom stereocenters. The number of thiophene rings is 1. The number of hydrogen-bond donors (Lipinski definition) is 0. The molecule has 0 aliphatic rings. The minimum Gasteiger partial charge on any atom is -0.326 e. The molecule has 90 valence electrons. The summed E-state index contributed by atoms with van der Waals surface area (Å²) >= 11 is 1.66. The maximum Gasteiger partial charge on any atom is 0.150 e. The van der Waals surface area contributed by atoms with Gasteiger partial charge in [-0.1, -0.05) is 18.2 Å². The molecule has 0 unspecified atom stereocenters. The fraction of sp³-hybridized carbons (Fsp3) is 0.0714. The quantitative estimate of drug-likeness (QED) is 0.698. The van der Waals surface area contributed by atoms with E-state index in [-0.39, 0.29) is 5.82 Å². The highest BCUT2D eigenvalue weighted by Crippen LogP contribution is 2.23. The fourth-order valence-corrected chi connectivity index (χ4v) is 2.59. The van der Waals surface area contributed by atoms with E-state index >= 15 is 0 Å². The predicted octanol–water partition coefficient (Wildman–Crippen LogP) is 3.80. The number of aromatic nitrogens is 2. The molecular formula is C14H11FN2S. The second kappa shape index (κ2) is 4.74. The van der Waals surface area contributed by atoms with Crippen LogP contribution in [0.25, 0.3) is 10.7 Å². The summed E-state index contributed by atoms with van der Waals surface area (Å²) in [5.74, 6) is 0.747. The summed E-state index contributed by atoms with van der Waals surface area (Å²) in [6, 6.07) is 10.6. The Labute approximate surface area is 108 Å². The van der Waals surface area contributed by atoms with E-state index in [0.717, 1.165) is 16.3 Å². The molecule has 3 aromatic rings. The smallest absolute Gasteiger partial charge is 0.150 e. The van der Waals surface area contributed by atoms with Crippen LogP contribution in [0.15, 0.2) is 54.2 Å². The molecule has 0 saturated heterocycles. The lowest BCUT2D eigenvalue weighted by Gasteiger charge is -2.06. The second-order valence-electron chi connectivity index (χ2n) is 3.98. The number of hydrogen-bond acceptors (Lipinski definition) is 2. The zero-order chi connectivity index (χ0) is 12.4. The van der Waals surface area contributed by atoms with Gasteiger partial charge in [0.25, 0.3) is 0 Å². The molecule has 3 rings (SSSR count). The number of rotatable bonds is 3. The average Bonchev–Trinajstić information content (AvgIpc) is 3.02. The van der Waals surface area contributed by atoms with Crippen LogP contribution >= 0.6 is 11.3 Å². The number of benzene rings is 1. The molecule has 0 saturated carbocycles. The van der Waals surface area contributed by atoms with Crippen molar-refractivity contribution in [3.63, 3.8) is 0 Å². The van der Waals surface area contributed by atoms with Gasteiger partial charge in [-0.3, -0.25) is 0 Å². The Morgan fingerprint density at radius 2 is 2.00 bits per heavy atom. The second-order valence-corrected chi connectivity index (χ2v) is 4.93. The van der Waals surface area contributed by atoms with E-state index < -0.39 is 0 Å². The van der Waals surface area contributed by atoms with Gasteiger partial charge in [-0.25, -0.2) is 9.37 Å². The van der Waals surface area contributed by atoms with Crippen LogP contribution in [0, 0.1) is 5.82 Å². The summed E-state index contributed by atoms with van der Waals surface area (Å²) in [7, 11) is 0. The SMILES string of the molecule is Fc1ccc(Cn2ccnc2-c2cccs2)cc1. The van der Waals surface area contributed by atoms with Gasteiger partial charge in [0, 0.05) is 18.9 Å². The lowest BCUT2D eigenvalue weighted by atomic mass is 10.2. The van der Waals surface area contributed by atoms with Crippen LogP contribution in [0.3, 0.4) is 0 Å². The third-order valence-electron chi connectivity index (χ3n) is 2.72. The lowest BCUT2D eigenvalue weighted by molar-refractivity contribution is 0.626. The number of nitrogens with zero attached hydrogens (tertiary/aromatic N) is 2. The van der Waals surface area contributed by atoms with E-state index in [1.54, 1.807) is 29.7 Å². The topological polar surface area (TPSA) is 17.8 Å². The highest BCUT2D eigenvalue weighted by molar-refractivity contribution is 7.13. The standard InChI is InChI=1S/C14H11FN2S/c15-12-5-3-11(4-6-12)10-17-8-7-16-14(17)13-2-1-9-18-13/h1-9H,10H2. The van der Waals surface area contributed by atoms with E-state index in [0.29, 0.717) is 6.54 Å². The normalized spacial score (nSPS) is 10.7. The predicted molar refractivity (Wildman–Crippen MR) is 71.0 cm³/mol. The first kappa shape index (κ1) is 11.2. The Morgan fingerprint density at radius 1 is 1.17 bits per heavy atom. The van der Waals surface area contributed by atoms with E-state index in [2.05, 4.69) is 9.55 Å². The molecule has 2 heterocycles. The van der Waals surface area contributed by atoms with Gasteiger partial charge >= 0.3 is 0 Å². The van der Waals surface area contributed by atoms with Gasteiger partial charge in [0.1, 0.15) is 11.6 Å². The summed E-state index contributed by atoms with van der Waals surface area (Å²) in [5.41, 5.74) is 1.06. The van der Waals surface area contributed by atoms with Gasteiger partial charge < -0.3 is 4.57 Å². The Morgan fingerprint density at radius 3 is 2.72 bits per heavy atom. The largest absolute Gasteiger partial charge is 0.326 e. The van der Waals surface area contributed by atoms with Crippen molar-refractivity contribution in [1.29, 1.82) is 0 Å². The summed E-state index contributed by atoms with van der Waals surface area (Å²) in [6.45, 7) is 0.702. The molecule has 0 aliphatic heterocycles. The third-order valence-corrected chi connectivity index (χ3v) is 3.59. The molecule has 18 heavy (non-hydrogen) atoms. The van der Waals surface area contributed by atoms with Crippen molar-refractivity contribution in [2.75, 3.05) is 0 Å². The zero-order valence-electron chi connectivity index (χ0n) is 9.58. The molecule has 0 amide bonds. The minimum absolute atomic E-state index is 0.206. The van der Waals surface area contributed by atoms with Crippen LogP contribution in [-0.4, -0.2) is 9.55 Å². The van der Waals surface area contributed by atoms with Crippen molar-refractivity contribution in [1.82, 2.24) is 9.55 Å². The summed E-state index contributed by atoms with van der Waals surface area (Å²) < 4.78 is 14.9. The molecule has 1 aromatic carbocycles. The van der Waals surface area contributed by atoms with Crippen LogP contribution in [-0.2, 0) is 6.54 Å². The van der Waals surface area contributed by atoms with Crippen LogP contribution in [0.4, 0.5) is 4.39 Å². The molecule has 4 heteroatoms. The Hall–Kier alpha value is -1.94. The molecular weight excluding hydrogens is 247 g/mol. The van der Waals surface area contributed by atoms with Gasteiger partial charge in [-0.2, -0.15) is 0 Å². The monoisotopic (exact) mass is 258 g/mol. The summed E-state index contributed by atoms with van der Waals surface area (Å²) in [4.78, 5) is 5.51. The Kier molecular flexibility index (Phi) is 2.94. The van der Waals surface area contributed by atoms with E-state index in [1.165, 1.54) is 12.1 Å². The molecule has 0 N–H and O–H groups in total. The van der Waals surface area contributed by atoms with Crippen molar-refractivity contribution >= 4 is 11.3 Å². The minimum atomic E-state index is -0.206. The van der Waals surface area contributed by atoms with Crippen LogP contribution in [0.5, 0.6) is 0 Å². The van der Waals surface area contributed by atoms with Gasteiger partial charge in [0.2, 0.25) is 0 Å². The summed E-state index contributed by atoms with van der Waals surface area (Å²) in [5, 5.41) is 2.03. The molecule has 2 nitrogen and oxygen atoms in total. The molecule has 0 fully saturated rings. The first-order valence-corrected chi connectivity index (χ1v) is 6.50. The van der Waals surface area contributed by atoms with Crippen molar-refractivity contribution < 1.29 is 4.39 Å². The van der Waals surface area contributed by atoms with Crippen molar-refractivity contribution in [2.45, 2.75) is 6.54 Å². The maximum absolute atomic E-state index is 12.9. The lowest BCUT2D eigenvalue weighted by Crippen LogP contribution is -2.00. The fourth-order valence-electron chi connectivity index (χ4n) is 1.85. The van der Waals surface area contributed by atoms with Gasteiger partial charge in [0.05, 0.1) is 4.88 Å². The van der Waals surface area contributed by atoms with E-state index in [1.807, 2.05) is 23.7 Å². The van der Waals surface area contributed by atoms with Crippen molar-refractivity contribution in [2.24, 2.45) is 0 Å². The van der Waals surface area contributed by atoms with Crippen molar-refractivity contribution in [3.8, 4) is 10.7 Å². The van der Waals surface area contributed by atoms with Gasteiger partial charge in [0.15, 0.2) is 0 Å². The first-order valence-electron chi connectivity index (χ1n) is 5.62. The first-order chi connectivity index (χ1) is 8.83. The van der Waals surface area contributed by atoms with Gasteiger partial charge in [-0.05, 0) is 29.1 Å². The van der Waals surface area contributed by atoms with E-state index in [4.69, 9.17) is 0 Å². The van der Waals surface area contributed by atoms with Crippen LogP contribution in [0.2, 0.25) is 0 Å². The number of imidazole rings is 1. The highest BCUT2D eigenvalue weighted by atomic mass is 32.1. The van der Waals surface area contributed by atoms with Gasteiger partial charge in [-0.15, -0.1) is 11.3 Å². The van der Waals surface area contributed by atoms with Crippen molar-refractivity contribution in [3.05, 3.63) is 65.6 Å². The zero-order valence-corrected chi connectivity index (χ0v) is 10.4. The van der Waals surface area contributed by atoms with E-state index in [9.17, 15) is 4.39 Å². The molecule has 0 spiro atoms. The number of halogens is 1.